The lowest BCUT2D eigenvalue weighted by Gasteiger charge is -2.34. The fraction of sp³-hybridized carbons (Fsp3) is 0.472. The number of aromatic hydroxyl groups is 1. The predicted octanol–water partition coefficient (Wildman–Crippen LogP) is 3.02. The molecule has 0 spiro atoms. The maximum Gasteiger partial charge on any atom is 0.318 e. The molecule has 1 amide bonds. The number of rotatable bonds is 9. The Kier molecular flexibility index (Phi) is 9.09. The van der Waals surface area contributed by atoms with Gasteiger partial charge >= 0.3 is 6.01 Å². The molecule has 1 aliphatic carbocycles. The van der Waals surface area contributed by atoms with Gasteiger partial charge in [-0.15, -0.1) is 6.42 Å². The third-order valence-corrected chi connectivity index (χ3v) is 9.76. The topological polar surface area (TPSA) is 113 Å². The van der Waals surface area contributed by atoms with Gasteiger partial charge in [0.15, 0.2) is 0 Å². The first-order valence-electron chi connectivity index (χ1n) is 16.6. The number of carbonyl (C=O) groups excluding carboxylic acids is 1. The largest absolute Gasteiger partial charge is 0.508 e. The predicted molar refractivity (Wildman–Crippen MR) is 180 cm³/mol. The highest BCUT2D eigenvalue weighted by atomic mass is 19.1. The first kappa shape index (κ1) is 32.1. The third-order valence-electron chi connectivity index (χ3n) is 9.76. The lowest BCUT2D eigenvalue weighted by atomic mass is 9.98. The van der Waals surface area contributed by atoms with Crippen molar-refractivity contribution in [2.45, 2.75) is 31.8 Å². The summed E-state index contributed by atoms with van der Waals surface area (Å²) in [6, 6.07) is 6.23. The number of halogens is 1. The van der Waals surface area contributed by atoms with Crippen LogP contribution in [0.25, 0.3) is 10.8 Å². The Hall–Kier alpha value is -4.44. The van der Waals surface area contributed by atoms with E-state index in [1.165, 1.54) is 12.1 Å². The molecule has 7 rings (SSSR count). The fourth-order valence-corrected chi connectivity index (χ4v) is 7.04. The van der Waals surface area contributed by atoms with Crippen LogP contribution in [0.15, 0.2) is 36.9 Å². The van der Waals surface area contributed by atoms with Crippen LogP contribution in [0.5, 0.6) is 11.8 Å². The maximum absolute atomic E-state index is 14.9. The van der Waals surface area contributed by atoms with Crippen LogP contribution in [0.2, 0.25) is 0 Å². The highest BCUT2D eigenvalue weighted by Crippen LogP contribution is 2.47. The Bertz CT molecular complexity index is 1750. The molecule has 3 aromatic rings. The minimum atomic E-state index is -0.484. The van der Waals surface area contributed by atoms with Crippen molar-refractivity contribution in [3.8, 4) is 24.1 Å². The number of amides is 1. The van der Waals surface area contributed by atoms with Crippen molar-refractivity contribution in [1.82, 2.24) is 20.2 Å². The van der Waals surface area contributed by atoms with E-state index in [9.17, 15) is 14.3 Å². The van der Waals surface area contributed by atoms with Crippen molar-refractivity contribution >= 4 is 28.2 Å². The van der Waals surface area contributed by atoms with Crippen molar-refractivity contribution in [2.24, 2.45) is 5.41 Å². The smallest absolute Gasteiger partial charge is 0.318 e. The second-order valence-electron chi connectivity index (χ2n) is 13.2. The fourth-order valence-electron chi connectivity index (χ4n) is 7.04. The van der Waals surface area contributed by atoms with Crippen LogP contribution in [0.3, 0.4) is 0 Å². The number of terminal acetylenes is 1. The molecule has 252 valence electrons. The summed E-state index contributed by atoms with van der Waals surface area (Å²) in [5.74, 6) is 2.60. The van der Waals surface area contributed by atoms with Gasteiger partial charge < -0.3 is 34.4 Å². The first-order chi connectivity index (χ1) is 23.3. The summed E-state index contributed by atoms with van der Waals surface area (Å²) in [5.41, 5.74) is 2.63. The minimum absolute atomic E-state index is 0.0650. The molecule has 2 N–H and O–H groups in total. The van der Waals surface area contributed by atoms with E-state index >= 15 is 0 Å². The van der Waals surface area contributed by atoms with Gasteiger partial charge in [0.05, 0.1) is 56.9 Å². The quantitative estimate of drug-likeness (QED) is 0.263. The number of hydrogen-bond acceptors (Lipinski definition) is 10. The number of aromatic nitrogens is 2. The number of carbonyl (C=O) groups is 1. The molecule has 4 heterocycles. The van der Waals surface area contributed by atoms with Gasteiger partial charge in [0.2, 0.25) is 5.91 Å². The van der Waals surface area contributed by atoms with E-state index in [0.29, 0.717) is 74.9 Å². The molecular formula is C36H41FN6O5. The molecule has 0 radical (unpaired) electrons. The number of fused-ring (bicyclic) bond motifs is 2. The number of phenolic OH excluding ortho intramolecular Hbond substituents is 1. The molecule has 3 fully saturated rings. The van der Waals surface area contributed by atoms with Crippen LogP contribution in [-0.2, 0) is 27.2 Å². The Balaban J connectivity index is 1.22. The second-order valence-corrected chi connectivity index (χ2v) is 13.2. The highest BCUT2D eigenvalue weighted by Gasteiger charge is 2.45. The van der Waals surface area contributed by atoms with Gasteiger partial charge in [-0.05, 0) is 42.9 Å². The molecule has 4 aliphatic rings. The van der Waals surface area contributed by atoms with E-state index in [1.807, 2.05) is 0 Å². The number of benzene rings is 2. The molecule has 12 heteroatoms. The summed E-state index contributed by atoms with van der Waals surface area (Å²) >= 11 is 0. The van der Waals surface area contributed by atoms with Crippen LogP contribution in [0.4, 0.5) is 15.9 Å². The Labute approximate surface area is 279 Å². The summed E-state index contributed by atoms with van der Waals surface area (Å²) in [4.78, 5) is 28.8. The van der Waals surface area contributed by atoms with Gasteiger partial charge in [0.25, 0.3) is 0 Å². The lowest BCUT2D eigenvalue weighted by molar-refractivity contribution is -0.117. The van der Waals surface area contributed by atoms with Gasteiger partial charge in [-0.3, -0.25) is 9.69 Å². The molecule has 3 aliphatic heterocycles. The molecule has 1 atom stereocenters. The van der Waals surface area contributed by atoms with Gasteiger partial charge in [0, 0.05) is 67.4 Å². The van der Waals surface area contributed by atoms with Gasteiger partial charge in [-0.1, -0.05) is 18.6 Å². The standard InChI is InChI=1S/C36H41FN6O5/c1-3-27-29(37)6-5-24-17-26(44)18-31(33(24)27)42-10-7-28-30(20-42)39-35(48-23-36(8-9-36)22-41-11-14-46-15-12-41)40-34(28)43-13-16-47-21-25(19-43)38-32(45)4-2/h1,4-6,17-18,25,44H,2,7-16,19-23H2,(H,38,45)/t25-/m0/s1. The van der Waals surface area contributed by atoms with E-state index < -0.39 is 5.82 Å². The summed E-state index contributed by atoms with van der Waals surface area (Å²) in [5, 5.41) is 14.9. The zero-order valence-corrected chi connectivity index (χ0v) is 27.0. The summed E-state index contributed by atoms with van der Waals surface area (Å²) in [6.07, 6.45) is 9.80. The minimum Gasteiger partial charge on any atom is -0.508 e. The van der Waals surface area contributed by atoms with Crippen molar-refractivity contribution in [3.63, 3.8) is 0 Å². The number of morpholine rings is 1. The molecule has 11 nitrogen and oxygen atoms in total. The van der Waals surface area contributed by atoms with Crippen LogP contribution < -0.4 is 19.9 Å². The molecule has 2 saturated heterocycles. The summed E-state index contributed by atoms with van der Waals surface area (Å²) in [7, 11) is 0. The van der Waals surface area contributed by atoms with E-state index in [-0.39, 0.29) is 28.7 Å². The number of nitrogens with one attached hydrogen (secondary N) is 1. The highest BCUT2D eigenvalue weighted by molar-refractivity contribution is 6.00. The zero-order valence-electron chi connectivity index (χ0n) is 27.0. The monoisotopic (exact) mass is 656 g/mol. The average Bonchev–Trinajstić information content (AvgIpc) is 3.90. The normalized spacial score (nSPS) is 20.8. The van der Waals surface area contributed by atoms with Gasteiger partial charge in [-0.2, -0.15) is 9.97 Å². The summed E-state index contributed by atoms with van der Waals surface area (Å²) < 4.78 is 32.7. The second kappa shape index (κ2) is 13.6. The number of nitrogens with zero attached hydrogens (tertiary/aromatic N) is 5. The summed E-state index contributed by atoms with van der Waals surface area (Å²) in [6.45, 7) is 11.3. The lowest BCUT2D eigenvalue weighted by Crippen LogP contribution is -2.45. The Morgan fingerprint density at radius 2 is 1.98 bits per heavy atom. The van der Waals surface area contributed by atoms with Crippen LogP contribution in [-0.4, -0.2) is 104 Å². The zero-order chi connectivity index (χ0) is 33.3. The molecular weight excluding hydrogens is 615 g/mol. The van der Waals surface area contributed by atoms with E-state index in [0.717, 1.165) is 62.8 Å². The van der Waals surface area contributed by atoms with E-state index in [4.69, 9.17) is 30.6 Å². The molecule has 0 bridgehead atoms. The number of anilines is 2. The Morgan fingerprint density at radius 1 is 1.17 bits per heavy atom. The SMILES string of the molecule is C#Cc1c(F)ccc2cc(O)cc(N3CCc4c(nc(OCC5(CN6CCOCC6)CC5)nc4N4CCOC[C@@H](NC(=O)C=C)C4)C3)c12. The van der Waals surface area contributed by atoms with Gasteiger partial charge in [0.1, 0.15) is 17.4 Å². The van der Waals surface area contributed by atoms with Gasteiger partial charge in [-0.25, -0.2) is 4.39 Å². The van der Waals surface area contributed by atoms with Crippen molar-refractivity contribution < 1.29 is 28.5 Å². The number of phenols is 1. The Morgan fingerprint density at radius 3 is 2.75 bits per heavy atom. The molecule has 1 saturated carbocycles. The molecule has 1 aromatic heterocycles. The van der Waals surface area contributed by atoms with Crippen molar-refractivity contribution in [3.05, 3.63) is 59.6 Å². The average molecular weight is 657 g/mol. The number of hydrogen-bond donors (Lipinski definition) is 2. The molecule has 2 aromatic carbocycles. The molecule has 48 heavy (non-hydrogen) atoms. The van der Waals surface area contributed by atoms with Crippen LogP contribution in [0.1, 0.15) is 29.7 Å². The van der Waals surface area contributed by atoms with Crippen molar-refractivity contribution in [1.29, 1.82) is 0 Å². The van der Waals surface area contributed by atoms with Crippen molar-refractivity contribution in [2.75, 3.05) is 82.1 Å². The maximum atomic E-state index is 14.9. The molecule has 0 unspecified atom stereocenters. The number of ether oxygens (including phenoxy) is 3. The van der Waals surface area contributed by atoms with E-state index in [2.05, 4.69) is 32.5 Å². The van der Waals surface area contributed by atoms with E-state index in [1.54, 1.807) is 18.2 Å². The van der Waals surface area contributed by atoms with Crippen LogP contribution >= 0.6 is 0 Å². The first-order valence-corrected chi connectivity index (χ1v) is 16.6. The third kappa shape index (κ3) is 6.76. The van der Waals surface area contributed by atoms with Crippen LogP contribution in [0, 0.1) is 23.6 Å².